The zero-order valence-corrected chi connectivity index (χ0v) is 17.1. The molecular weight excluding hydrogens is 374 g/mol. The Balaban J connectivity index is 0. The van der Waals surface area contributed by atoms with E-state index in [9.17, 15) is 36.2 Å². The number of hydrogen-bond donors (Lipinski definition) is 3. The molecule has 5 atom stereocenters. The molecule has 0 aliphatic carbocycles. The number of hydrogen-bond acceptors (Lipinski definition) is 12. The van der Waals surface area contributed by atoms with Crippen LogP contribution in [-0.2, 0) is 33.9 Å². The quantitative estimate of drug-likeness (QED) is 0.230. The van der Waals surface area contributed by atoms with E-state index in [1.165, 1.54) is 0 Å². The maximum atomic E-state index is 10.5. The normalized spacial score (nSPS) is 32.7. The van der Waals surface area contributed by atoms with Gasteiger partial charge < -0.3 is 29.2 Å². The van der Waals surface area contributed by atoms with E-state index in [4.69, 9.17) is 5.11 Å². The second kappa shape index (κ2) is 9.91. The molecule has 1 aliphatic heterocycles. The molecule has 22 heavy (non-hydrogen) atoms. The van der Waals surface area contributed by atoms with E-state index in [2.05, 4.69) is 13.1 Å². The Morgan fingerprint density at radius 1 is 0.955 bits per heavy atom. The van der Waals surface area contributed by atoms with Crippen LogP contribution in [0.5, 0.6) is 0 Å². The molecule has 0 saturated carbocycles. The molecule has 0 bridgehead atoms. The first-order valence-corrected chi connectivity index (χ1v) is 7.52. The Kier molecular flexibility index (Phi) is 11.6. The molecule has 0 radical (unpaired) electrons. The molecule has 1 aliphatic rings. The van der Waals surface area contributed by atoms with Crippen LogP contribution in [0.1, 0.15) is 0 Å². The van der Waals surface area contributed by atoms with Gasteiger partial charge in [-0.05, 0) is 0 Å². The minimum atomic E-state index is -5.44. The molecule has 1 rings (SSSR count). The number of ether oxygens (including phenoxy) is 1. The number of aliphatic hydroxyl groups excluding tert-OH is 3. The molecule has 1 heterocycles. The van der Waals surface area contributed by atoms with Gasteiger partial charge in [0.15, 0.2) is 12.4 Å². The van der Waals surface area contributed by atoms with Crippen molar-refractivity contribution in [2.75, 3.05) is 6.61 Å². The smallest absolute Gasteiger partial charge is 0.726 e. The fourth-order valence-electron chi connectivity index (χ4n) is 1.54. The molecule has 0 unspecified atom stereocenters. The van der Waals surface area contributed by atoms with Crippen LogP contribution in [-0.4, -0.2) is 78.6 Å². The summed E-state index contributed by atoms with van der Waals surface area (Å²) in [7, 11) is -10.9. The van der Waals surface area contributed by atoms with Crippen molar-refractivity contribution in [1.82, 2.24) is 0 Å². The molecule has 0 aromatic heterocycles. The SMILES string of the molecule is O=S(=O)([O-])O[C@H]1[C@H](O)[C@@H](CO)O[C@@H](O)[C@H]1OS(=O)(=O)[O-].[Na+].[Na+]. The predicted octanol–water partition coefficient (Wildman–Crippen LogP) is -10.2. The van der Waals surface area contributed by atoms with Gasteiger partial charge in [-0.2, -0.15) is 0 Å². The zero-order valence-electron chi connectivity index (χ0n) is 11.4. The predicted molar refractivity (Wildman–Crippen MR) is 53.1 cm³/mol. The van der Waals surface area contributed by atoms with E-state index in [0.29, 0.717) is 0 Å². The van der Waals surface area contributed by atoms with Crippen molar-refractivity contribution >= 4 is 20.8 Å². The molecule has 12 nitrogen and oxygen atoms in total. The van der Waals surface area contributed by atoms with Crippen molar-refractivity contribution in [3.05, 3.63) is 0 Å². The van der Waals surface area contributed by atoms with E-state index < -0.39 is 58.1 Å². The summed E-state index contributed by atoms with van der Waals surface area (Å²) in [5, 5.41) is 27.8. The number of rotatable bonds is 5. The Hall–Kier alpha value is 1.58. The van der Waals surface area contributed by atoms with Gasteiger partial charge in [-0.1, -0.05) is 0 Å². The molecule has 0 aromatic carbocycles. The molecule has 1 fully saturated rings. The van der Waals surface area contributed by atoms with Crippen molar-refractivity contribution in [3.63, 3.8) is 0 Å². The van der Waals surface area contributed by atoms with Crippen LogP contribution in [0, 0.1) is 0 Å². The van der Waals surface area contributed by atoms with Crippen molar-refractivity contribution in [2.24, 2.45) is 0 Å². The maximum Gasteiger partial charge on any atom is 1.00 e. The Labute approximate surface area is 170 Å². The average Bonchev–Trinajstić information content (AvgIpc) is 2.25. The minimum absolute atomic E-state index is 0. The summed E-state index contributed by atoms with van der Waals surface area (Å²) in [6, 6.07) is 0. The Morgan fingerprint density at radius 3 is 1.73 bits per heavy atom. The zero-order chi connectivity index (χ0) is 15.7. The van der Waals surface area contributed by atoms with Crippen LogP contribution >= 0.6 is 0 Å². The van der Waals surface area contributed by atoms with Gasteiger partial charge in [0.25, 0.3) is 0 Å². The third-order valence-corrected chi connectivity index (χ3v) is 3.19. The summed E-state index contributed by atoms with van der Waals surface area (Å²) in [5.74, 6) is 0. The largest absolute Gasteiger partial charge is 1.00 e. The summed E-state index contributed by atoms with van der Waals surface area (Å²) < 4.78 is 75.0. The Morgan fingerprint density at radius 2 is 1.36 bits per heavy atom. The van der Waals surface area contributed by atoms with E-state index in [1.54, 1.807) is 0 Å². The van der Waals surface area contributed by atoms with Gasteiger partial charge >= 0.3 is 59.1 Å². The van der Waals surface area contributed by atoms with Crippen molar-refractivity contribution in [3.8, 4) is 0 Å². The third-order valence-electron chi connectivity index (χ3n) is 2.27. The molecule has 0 aromatic rings. The molecule has 1 saturated heterocycles. The van der Waals surface area contributed by atoms with Crippen molar-refractivity contribution < 1.29 is 113 Å². The first-order chi connectivity index (χ1) is 8.94. The van der Waals surface area contributed by atoms with Gasteiger partial charge in [0.1, 0.15) is 18.3 Å². The second-order valence-electron chi connectivity index (χ2n) is 3.68. The van der Waals surface area contributed by atoms with Crippen LogP contribution in [0.25, 0.3) is 0 Å². The van der Waals surface area contributed by atoms with E-state index in [1.807, 2.05) is 0 Å². The van der Waals surface area contributed by atoms with Crippen LogP contribution in [0.4, 0.5) is 0 Å². The topological polar surface area (TPSA) is 203 Å². The van der Waals surface area contributed by atoms with Gasteiger partial charge in [-0.3, -0.25) is 8.37 Å². The molecule has 0 amide bonds. The van der Waals surface area contributed by atoms with Gasteiger partial charge in [0.05, 0.1) is 6.61 Å². The monoisotopic (exact) mass is 384 g/mol. The molecule has 120 valence electrons. The Bertz CT molecular complexity index is 534. The van der Waals surface area contributed by atoms with E-state index in [-0.39, 0.29) is 59.1 Å². The van der Waals surface area contributed by atoms with Crippen molar-refractivity contribution in [2.45, 2.75) is 30.7 Å². The first-order valence-electron chi connectivity index (χ1n) is 4.85. The van der Waals surface area contributed by atoms with Crippen LogP contribution in [0.2, 0.25) is 0 Å². The molecule has 0 spiro atoms. The standard InChI is InChI=1S/C6H12O12S2.2Na/c7-1-2-3(8)4(17-19(10,11)12)5(6(9)16-2)18-20(13,14)15;;/h2-9H,1H2,(H,10,11,12)(H,13,14,15);;/q;2*+1/p-2/t2-,3-,4+,5+,6-;;/m1../s1. The van der Waals surface area contributed by atoms with Gasteiger partial charge in [0.2, 0.25) is 20.8 Å². The minimum Gasteiger partial charge on any atom is -0.726 e. The average molecular weight is 384 g/mol. The van der Waals surface area contributed by atoms with Gasteiger partial charge in [-0.15, -0.1) is 0 Å². The summed E-state index contributed by atoms with van der Waals surface area (Å²) >= 11 is 0. The molecule has 3 N–H and O–H groups in total. The maximum absolute atomic E-state index is 10.5. The van der Waals surface area contributed by atoms with Crippen LogP contribution < -0.4 is 59.1 Å². The van der Waals surface area contributed by atoms with Crippen LogP contribution in [0.3, 0.4) is 0 Å². The summed E-state index contributed by atoms with van der Waals surface area (Å²) in [5.41, 5.74) is 0. The molecule has 16 heteroatoms. The summed E-state index contributed by atoms with van der Waals surface area (Å²) in [6.45, 7) is -0.923. The van der Waals surface area contributed by atoms with E-state index >= 15 is 0 Å². The second-order valence-corrected chi connectivity index (χ2v) is 5.69. The number of aliphatic hydroxyl groups is 3. The summed E-state index contributed by atoms with van der Waals surface area (Å²) in [6.07, 6.45) is -10.5. The van der Waals surface area contributed by atoms with Crippen LogP contribution in [0.15, 0.2) is 0 Å². The third kappa shape index (κ3) is 8.11. The fraction of sp³-hybridized carbons (Fsp3) is 1.00. The van der Waals surface area contributed by atoms with E-state index in [0.717, 1.165) is 0 Å². The van der Waals surface area contributed by atoms with Gasteiger partial charge in [0, 0.05) is 0 Å². The van der Waals surface area contributed by atoms with Crippen molar-refractivity contribution in [1.29, 1.82) is 0 Å². The first kappa shape index (κ1) is 25.8. The molecular formula is C6H10Na2O12S2. The fourth-order valence-corrected chi connectivity index (χ4v) is 2.51. The van der Waals surface area contributed by atoms with Gasteiger partial charge in [-0.25, -0.2) is 16.8 Å². The summed E-state index contributed by atoms with van der Waals surface area (Å²) in [4.78, 5) is 0.